The third kappa shape index (κ3) is 2.53. The third-order valence-electron chi connectivity index (χ3n) is 2.65. The number of rotatable bonds is 3. The fourth-order valence-corrected chi connectivity index (χ4v) is 1.66. The normalized spacial score (nSPS) is 10.2. The van der Waals surface area contributed by atoms with E-state index in [0.717, 1.165) is 23.5 Å². The van der Waals surface area contributed by atoms with E-state index < -0.39 is 0 Å². The molecule has 88 valence electrons. The van der Waals surface area contributed by atoms with Crippen molar-refractivity contribution in [2.45, 2.75) is 20.3 Å². The number of aryl methyl sites for hydroxylation is 1. The first kappa shape index (κ1) is 11.4. The Hall–Kier alpha value is -2.10. The van der Waals surface area contributed by atoms with Crippen molar-refractivity contribution in [2.24, 2.45) is 0 Å². The van der Waals surface area contributed by atoms with Gasteiger partial charge in [-0.15, -0.1) is 0 Å². The Balaban J connectivity index is 2.29. The predicted molar refractivity (Wildman–Crippen MR) is 70.3 cm³/mol. The summed E-state index contributed by atoms with van der Waals surface area (Å²) in [4.78, 5) is 8.22. The van der Waals surface area contributed by atoms with E-state index in [9.17, 15) is 0 Å². The molecule has 2 aromatic rings. The zero-order chi connectivity index (χ0) is 12.3. The van der Waals surface area contributed by atoms with Crippen LogP contribution in [0.25, 0.3) is 0 Å². The average Bonchev–Trinajstić information content (AvgIpc) is 2.32. The van der Waals surface area contributed by atoms with Crippen molar-refractivity contribution >= 4 is 17.3 Å². The molecule has 0 aliphatic rings. The third-order valence-corrected chi connectivity index (χ3v) is 2.65. The van der Waals surface area contributed by atoms with Gasteiger partial charge in [0.25, 0.3) is 0 Å². The summed E-state index contributed by atoms with van der Waals surface area (Å²) in [5, 5.41) is 3.26. The molecule has 1 aromatic carbocycles. The molecule has 0 radical (unpaired) electrons. The van der Waals surface area contributed by atoms with Crippen LogP contribution in [0.1, 0.15) is 18.1 Å². The van der Waals surface area contributed by atoms with Crippen molar-refractivity contribution in [3.63, 3.8) is 0 Å². The number of anilines is 3. The van der Waals surface area contributed by atoms with Crippen LogP contribution in [0.5, 0.6) is 0 Å². The van der Waals surface area contributed by atoms with E-state index in [0.29, 0.717) is 5.82 Å². The quantitative estimate of drug-likeness (QED) is 0.847. The smallest absolute Gasteiger partial charge is 0.139 e. The van der Waals surface area contributed by atoms with E-state index in [2.05, 4.69) is 34.3 Å². The molecule has 0 bridgehead atoms. The fourth-order valence-electron chi connectivity index (χ4n) is 1.66. The van der Waals surface area contributed by atoms with Crippen molar-refractivity contribution < 1.29 is 0 Å². The number of nitrogen functional groups attached to an aromatic ring is 1. The summed E-state index contributed by atoms with van der Waals surface area (Å²) in [5.74, 6) is 1.32. The van der Waals surface area contributed by atoms with E-state index >= 15 is 0 Å². The minimum absolute atomic E-state index is 0.539. The lowest BCUT2D eigenvalue weighted by Crippen LogP contribution is -2.04. The molecule has 0 unspecified atom stereocenters. The van der Waals surface area contributed by atoms with Crippen LogP contribution in [0, 0.1) is 6.92 Å². The molecule has 0 fully saturated rings. The van der Waals surface area contributed by atoms with Gasteiger partial charge >= 0.3 is 0 Å². The maximum Gasteiger partial charge on any atom is 0.139 e. The summed E-state index contributed by atoms with van der Waals surface area (Å²) in [5.41, 5.74) is 9.00. The largest absolute Gasteiger partial charge is 0.383 e. The fraction of sp³-hybridized carbons (Fsp3) is 0.231. The van der Waals surface area contributed by atoms with Crippen molar-refractivity contribution in [1.82, 2.24) is 9.97 Å². The highest BCUT2D eigenvalue weighted by Crippen LogP contribution is 2.22. The SMILES string of the molecule is CCc1c(N)ncnc1Nc1ccc(C)cc1. The molecule has 17 heavy (non-hydrogen) atoms. The van der Waals surface area contributed by atoms with E-state index in [1.54, 1.807) is 0 Å². The van der Waals surface area contributed by atoms with Crippen LogP contribution in [0.4, 0.5) is 17.3 Å². The van der Waals surface area contributed by atoms with Crippen LogP contribution < -0.4 is 11.1 Å². The van der Waals surface area contributed by atoms with Gasteiger partial charge in [-0.3, -0.25) is 0 Å². The predicted octanol–water partition coefficient (Wildman–Crippen LogP) is 2.67. The van der Waals surface area contributed by atoms with Crippen LogP contribution in [0.3, 0.4) is 0 Å². The number of nitrogens with two attached hydrogens (primary N) is 1. The van der Waals surface area contributed by atoms with Gasteiger partial charge in [-0.2, -0.15) is 0 Å². The molecular weight excluding hydrogens is 212 g/mol. The zero-order valence-electron chi connectivity index (χ0n) is 10.1. The lowest BCUT2D eigenvalue weighted by atomic mass is 10.2. The average molecular weight is 228 g/mol. The highest BCUT2D eigenvalue weighted by molar-refractivity contribution is 5.63. The zero-order valence-corrected chi connectivity index (χ0v) is 10.1. The van der Waals surface area contributed by atoms with Crippen molar-refractivity contribution in [1.29, 1.82) is 0 Å². The maximum absolute atomic E-state index is 5.82. The molecule has 4 heteroatoms. The van der Waals surface area contributed by atoms with Gasteiger partial charge < -0.3 is 11.1 Å². The Morgan fingerprint density at radius 2 is 1.88 bits per heavy atom. The molecule has 4 nitrogen and oxygen atoms in total. The molecule has 0 aliphatic carbocycles. The van der Waals surface area contributed by atoms with Crippen LogP contribution in [-0.4, -0.2) is 9.97 Å². The summed E-state index contributed by atoms with van der Waals surface area (Å²) in [6, 6.07) is 8.15. The Morgan fingerprint density at radius 3 is 2.53 bits per heavy atom. The van der Waals surface area contributed by atoms with Crippen molar-refractivity contribution in [2.75, 3.05) is 11.1 Å². The minimum Gasteiger partial charge on any atom is -0.383 e. The molecule has 1 heterocycles. The van der Waals surface area contributed by atoms with Crippen LogP contribution in [0.15, 0.2) is 30.6 Å². The molecular formula is C13H16N4. The molecule has 0 saturated heterocycles. The highest BCUT2D eigenvalue weighted by atomic mass is 15.0. The maximum atomic E-state index is 5.82. The standard InChI is InChI=1S/C13H16N4/c1-3-11-12(14)15-8-16-13(11)17-10-6-4-9(2)5-7-10/h4-8H,3H2,1-2H3,(H3,14,15,16,17). The van der Waals surface area contributed by atoms with Gasteiger partial charge in [0.1, 0.15) is 18.0 Å². The Labute approximate surface area is 101 Å². The van der Waals surface area contributed by atoms with Crippen molar-refractivity contribution in [3.8, 4) is 0 Å². The number of aromatic nitrogens is 2. The molecule has 0 aliphatic heterocycles. The summed E-state index contributed by atoms with van der Waals surface area (Å²) in [6.07, 6.45) is 2.28. The Kier molecular flexibility index (Phi) is 3.23. The molecule has 2 rings (SSSR count). The van der Waals surface area contributed by atoms with Gasteiger partial charge in [0.05, 0.1) is 0 Å². The van der Waals surface area contributed by atoms with Crippen LogP contribution in [-0.2, 0) is 6.42 Å². The first-order valence-electron chi connectivity index (χ1n) is 5.63. The number of benzene rings is 1. The van der Waals surface area contributed by atoms with Gasteiger partial charge in [0.15, 0.2) is 0 Å². The second-order valence-corrected chi connectivity index (χ2v) is 3.93. The number of hydrogen-bond donors (Lipinski definition) is 2. The molecule has 3 N–H and O–H groups in total. The first-order valence-corrected chi connectivity index (χ1v) is 5.63. The van der Waals surface area contributed by atoms with Crippen LogP contribution >= 0.6 is 0 Å². The Bertz CT molecular complexity index is 505. The summed E-state index contributed by atoms with van der Waals surface area (Å²) < 4.78 is 0. The summed E-state index contributed by atoms with van der Waals surface area (Å²) >= 11 is 0. The highest BCUT2D eigenvalue weighted by Gasteiger charge is 2.06. The van der Waals surface area contributed by atoms with Gasteiger partial charge in [0.2, 0.25) is 0 Å². The summed E-state index contributed by atoms with van der Waals surface area (Å²) in [6.45, 7) is 4.10. The van der Waals surface area contributed by atoms with Gasteiger partial charge in [0, 0.05) is 11.3 Å². The number of hydrogen-bond acceptors (Lipinski definition) is 4. The van der Waals surface area contributed by atoms with Crippen molar-refractivity contribution in [3.05, 3.63) is 41.7 Å². The lowest BCUT2D eigenvalue weighted by Gasteiger charge is -2.11. The molecule has 0 saturated carbocycles. The number of nitrogens with one attached hydrogen (secondary N) is 1. The molecule has 0 spiro atoms. The monoisotopic (exact) mass is 228 g/mol. The number of nitrogens with zero attached hydrogens (tertiary/aromatic N) is 2. The van der Waals surface area contributed by atoms with Gasteiger partial charge in [-0.05, 0) is 25.5 Å². The van der Waals surface area contributed by atoms with Gasteiger partial charge in [-0.1, -0.05) is 24.6 Å². The summed E-state index contributed by atoms with van der Waals surface area (Å²) in [7, 11) is 0. The van der Waals surface area contributed by atoms with Gasteiger partial charge in [-0.25, -0.2) is 9.97 Å². The minimum atomic E-state index is 0.539. The molecule has 0 atom stereocenters. The second-order valence-electron chi connectivity index (χ2n) is 3.93. The van der Waals surface area contributed by atoms with Crippen LogP contribution in [0.2, 0.25) is 0 Å². The first-order chi connectivity index (χ1) is 8.20. The van der Waals surface area contributed by atoms with E-state index in [1.165, 1.54) is 11.9 Å². The molecule has 0 amide bonds. The topological polar surface area (TPSA) is 63.8 Å². The van der Waals surface area contributed by atoms with E-state index in [1.807, 2.05) is 19.1 Å². The second kappa shape index (κ2) is 4.82. The van der Waals surface area contributed by atoms with E-state index in [4.69, 9.17) is 5.73 Å². The lowest BCUT2D eigenvalue weighted by molar-refractivity contribution is 1.06. The Morgan fingerprint density at radius 1 is 1.18 bits per heavy atom. The molecule has 1 aromatic heterocycles. The van der Waals surface area contributed by atoms with E-state index in [-0.39, 0.29) is 0 Å².